The summed E-state index contributed by atoms with van der Waals surface area (Å²) in [6.45, 7) is 0. The van der Waals surface area contributed by atoms with E-state index in [4.69, 9.17) is 0 Å². The molecule has 0 saturated heterocycles. The van der Waals surface area contributed by atoms with E-state index in [0.29, 0.717) is 4.47 Å². The van der Waals surface area contributed by atoms with Gasteiger partial charge in [0.25, 0.3) is 6.43 Å². The molecule has 0 fully saturated rings. The van der Waals surface area contributed by atoms with Gasteiger partial charge in [-0.25, -0.2) is 13.6 Å². The Morgan fingerprint density at radius 2 is 2.24 bits per heavy atom. The summed E-state index contributed by atoms with van der Waals surface area (Å²) in [5.41, 5.74) is 0.00169. The Labute approximate surface area is 103 Å². The number of rotatable bonds is 2. The fourth-order valence-electron chi connectivity index (χ4n) is 1.53. The minimum Gasteiger partial charge on any atom is -0.465 e. The summed E-state index contributed by atoms with van der Waals surface area (Å²) in [5.74, 6) is -0.622. The van der Waals surface area contributed by atoms with Crippen LogP contribution in [0.5, 0.6) is 0 Å². The van der Waals surface area contributed by atoms with Crippen molar-refractivity contribution in [3.05, 3.63) is 27.9 Å². The predicted octanol–water partition coefficient (Wildman–Crippen LogP) is 3.05. The molecule has 0 spiro atoms. The number of nitrogens with one attached hydrogen (secondary N) is 1. The minimum atomic E-state index is -2.68. The molecule has 0 amide bonds. The number of nitrogens with zero attached hydrogens (tertiary/aromatic N) is 1. The molecule has 0 saturated carbocycles. The lowest BCUT2D eigenvalue weighted by molar-refractivity contribution is 0.0602. The van der Waals surface area contributed by atoms with E-state index >= 15 is 0 Å². The van der Waals surface area contributed by atoms with Crippen molar-refractivity contribution >= 4 is 32.8 Å². The molecule has 2 rings (SSSR count). The summed E-state index contributed by atoms with van der Waals surface area (Å²) in [6, 6.07) is 2.96. The Bertz CT molecular complexity index is 583. The predicted molar refractivity (Wildman–Crippen MR) is 60.1 cm³/mol. The number of carbonyl (C=O) groups excluding carboxylic acids is 1. The van der Waals surface area contributed by atoms with Crippen LogP contribution >= 0.6 is 15.9 Å². The first-order chi connectivity index (χ1) is 8.04. The van der Waals surface area contributed by atoms with E-state index < -0.39 is 12.4 Å². The van der Waals surface area contributed by atoms with Gasteiger partial charge in [0.1, 0.15) is 11.2 Å². The fourth-order valence-corrected chi connectivity index (χ4v) is 1.99. The standard InChI is InChI=1S/C10H7BrF2N2O2/c1-17-10(16)6-3-4(11)2-5-7(6)14-15-8(5)9(12)13/h2-3,9H,1H3,(H,14,15). The monoisotopic (exact) mass is 304 g/mol. The van der Waals surface area contributed by atoms with Crippen LogP contribution in [-0.4, -0.2) is 23.3 Å². The smallest absolute Gasteiger partial charge is 0.340 e. The first kappa shape index (κ1) is 12.0. The van der Waals surface area contributed by atoms with Gasteiger partial charge in [0.05, 0.1) is 12.7 Å². The van der Waals surface area contributed by atoms with Crippen LogP contribution < -0.4 is 0 Å². The van der Waals surface area contributed by atoms with Crippen LogP contribution in [0.25, 0.3) is 10.9 Å². The van der Waals surface area contributed by atoms with E-state index in [9.17, 15) is 13.6 Å². The molecule has 0 bridgehead atoms. The number of aromatic amines is 1. The van der Waals surface area contributed by atoms with Crippen molar-refractivity contribution in [3.8, 4) is 0 Å². The Morgan fingerprint density at radius 3 is 2.82 bits per heavy atom. The molecular weight excluding hydrogens is 298 g/mol. The third-order valence-corrected chi connectivity index (χ3v) is 2.73. The highest BCUT2D eigenvalue weighted by Gasteiger charge is 2.20. The average Bonchev–Trinajstić information content (AvgIpc) is 2.70. The van der Waals surface area contributed by atoms with E-state index in [2.05, 4.69) is 30.9 Å². The quantitative estimate of drug-likeness (QED) is 0.868. The molecule has 0 unspecified atom stereocenters. The highest BCUT2D eigenvalue weighted by Crippen LogP contribution is 2.30. The van der Waals surface area contributed by atoms with Crippen molar-refractivity contribution < 1.29 is 18.3 Å². The number of hydrogen-bond donors (Lipinski definition) is 1. The van der Waals surface area contributed by atoms with Crippen molar-refractivity contribution in [2.24, 2.45) is 0 Å². The summed E-state index contributed by atoms with van der Waals surface area (Å²) < 4.78 is 30.4. The Morgan fingerprint density at radius 1 is 1.53 bits per heavy atom. The van der Waals surface area contributed by atoms with Gasteiger partial charge >= 0.3 is 5.97 Å². The van der Waals surface area contributed by atoms with Gasteiger partial charge in [-0.3, -0.25) is 5.10 Å². The first-order valence-electron chi connectivity index (χ1n) is 4.58. The first-order valence-corrected chi connectivity index (χ1v) is 5.38. The Kier molecular flexibility index (Phi) is 3.10. The van der Waals surface area contributed by atoms with Crippen LogP contribution in [0, 0.1) is 0 Å². The molecule has 7 heteroatoms. The summed E-state index contributed by atoms with van der Waals surface area (Å²) in [6.07, 6.45) is -2.68. The molecule has 0 aliphatic carbocycles. The van der Waals surface area contributed by atoms with E-state index in [0.717, 1.165) is 0 Å². The molecule has 0 aliphatic rings. The summed E-state index contributed by atoms with van der Waals surface area (Å²) in [7, 11) is 1.22. The van der Waals surface area contributed by atoms with Crippen LogP contribution in [0.15, 0.2) is 16.6 Å². The van der Waals surface area contributed by atoms with Crippen LogP contribution in [-0.2, 0) is 4.74 Å². The van der Waals surface area contributed by atoms with Crippen molar-refractivity contribution in [2.45, 2.75) is 6.43 Å². The van der Waals surface area contributed by atoms with Gasteiger partial charge in [-0.1, -0.05) is 15.9 Å². The van der Waals surface area contributed by atoms with Crippen LogP contribution in [0.3, 0.4) is 0 Å². The van der Waals surface area contributed by atoms with Crippen molar-refractivity contribution in [3.63, 3.8) is 0 Å². The molecule has 2 aromatic rings. The third kappa shape index (κ3) is 2.02. The number of halogens is 3. The molecule has 4 nitrogen and oxygen atoms in total. The van der Waals surface area contributed by atoms with E-state index in [1.54, 1.807) is 0 Å². The molecule has 0 aliphatic heterocycles. The Balaban J connectivity index is 2.74. The van der Waals surface area contributed by atoms with Crippen molar-refractivity contribution in [1.29, 1.82) is 0 Å². The zero-order chi connectivity index (χ0) is 12.6. The van der Waals surface area contributed by atoms with Gasteiger partial charge in [0.15, 0.2) is 0 Å². The fraction of sp³-hybridized carbons (Fsp3) is 0.200. The molecule has 17 heavy (non-hydrogen) atoms. The normalized spacial score (nSPS) is 11.1. The molecule has 1 aromatic heterocycles. The number of alkyl halides is 2. The van der Waals surface area contributed by atoms with Gasteiger partial charge < -0.3 is 4.74 Å². The van der Waals surface area contributed by atoms with E-state index in [1.807, 2.05) is 0 Å². The second kappa shape index (κ2) is 4.40. The van der Waals surface area contributed by atoms with Gasteiger partial charge in [0, 0.05) is 9.86 Å². The van der Waals surface area contributed by atoms with Crippen molar-refractivity contribution in [2.75, 3.05) is 7.11 Å². The number of H-pyrrole nitrogens is 1. The van der Waals surface area contributed by atoms with E-state index in [1.165, 1.54) is 19.2 Å². The van der Waals surface area contributed by atoms with Crippen molar-refractivity contribution in [1.82, 2.24) is 10.2 Å². The second-order valence-corrected chi connectivity index (χ2v) is 4.19. The van der Waals surface area contributed by atoms with Gasteiger partial charge in [0.2, 0.25) is 0 Å². The molecular formula is C10H7BrF2N2O2. The molecule has 0 radical (unpaired) electrons. The maximum absolute atomic E-state index is 12.7. The number of benzene rings is 1. The zero-order valence-corrected chi connectivity index (χ0v) is 10.2. The van der Waals surface area contributed by atoms with Gasteiger partial charge in [-0.05, 0) is 12.1 Å². The summed E-state index contributed by atoms with van der Waals surface area (Å²) in [4.78, 5) is 11.5. The topological polar surface area (TPSA) is 55.0 Å². The number of aromatic nitrogens is 2. The number of ether oxygens (including phenoxy) is 1. The number of hydrogen-bond acceptors (Lipinski definition) is 3. The maximum Gasteiger partial charge on any atom is 0.340 e. The lowest BCUT2D eigenvalue weighted by Gasteiger charge is -2.02. The van der Waals surface area contributed by atoms with Gasteiger partial charge in [-0.15, -0.1) is 0 Å². The summed E-state index contributed by atoms with van der Waals surface area (Å²) >= 11 is 3.15. The average molecular weight is 305 g/mol. The number of esters is 1. The van der Waals surface area contributed by atoms with E-state index in [-0.39, 0.29) is 22.2 Å². The zero-order valence-electron chi connectivity index (χ0n) is 8.63. The number of carbonyl (C=O) groups is 1. The third-order valence-electron chi connectivity index (χ3n) is 2.28. The highest BCUT2D eigenvalue weighted by atomic mass is 79.9. The van der Waals surface area contributed by atoms with Crippen LogP contribution in [0.4, 0.5) is 8.78 Å². The van der Waals surface area contributed by atoms with Crippen LogP contribution in [0.2, 0.25) is 0 Å². The van der Waals surface area contributed by atoms with Crippen LogP contribution in [0.1, 0.15) is 22.5 Å². The molecule has 0 atom stereocenters. The lowest BCUT2D eigenvalue weighted by atomic mass is 10.1. The summed E-state index contributed by atoms with van der Waals surface area (Å²) in [5, 5.41) is 6.16. The molecule has 90 valence electrons. The molecule has 1 N–H and O–H groups in total. The molecule has 1 heterocycles. The lowest BCUT2D eigenvalue weighted by Crippen LogP contribution is -2.02. The Hall–Kier alpha value is -1.50. The largest absolute Gasteiger partial charge is 0.465 e. The minimum absolute atomic E-state index is 0.139. The number of methoxy groups -OCH3 is 1. The number of fused-ring (bicyclic) bond motifs is 1. The second-order valence-electron chi connectivity index (χ2n) is 3.28. The maximum atomic E-state index is 12.7. The highest BCUT2D eigenvalue weighted by molar-refractivity contribution is 9.10. The SMILES string of the molecule is COC(=O)c1cc(Br)cc2c(C(F)F)[nH]nc12. The van der Waals surface area contributed by atoms with Gasteiger partial charge in [-0.2, -0.15) is 5.10 Å². The molecule has 1 aromatic carbocycles.